The van der Waals surface area contributed by atoms with Crippen LogP contribution in [0.5, 0.6) is 0 Å². The van der Waals surface area contributed by atoms with E-state index in [1.165, 1.54) is 0 Å². The monoisotopic (exact) mass is 222 g/mol. The minimum atomic E-state index is -2.09. The van der Waals surface area contributed by atoms with Gasteiger partial charge in [0.2, 0.25) is 0 Å². The van der Waals surface area contributed by atoms with Crippen molar-refractivity contribution in [2.24, 2.45) is 11.5 Å². The summed E-state index contributed by atoms with van der Waals surface area (Å²) < 4.78 is 12.3. The van der Waals surface area contributed by atoms with Gasteiger partial charge in [-0.3, -0.25) is 0 Å². The molecule has 0 atom stereocenters. The van der Waals surface area contributed by atoms with E-state index in [4.69, 9.17) is 16.6 Å². The van der Waals surface area contributed by atoms with Crippen LogP contribution in [0, 0.1) is 0 Å². The van der Waals surface area contributed by atoms with Crippen LogP contribution in [0.2, 0.25) is 0 Å². The van der Waals surface area contributed by atoms with E-state index in [9.17, 15) is 4.57 Å². The Bertz CT molecular complexity index is 148. The standard InChI is InChI=1S/C9H23N2O2P/c10-4-1-7-14(13,8-2-5-11)9-3-6-12/h12H,1-11H2. The highest BCUT2D eigenvalue weighted by Crippen LogP contribution is 2.46. The van der Waals surface area contributed by atoms with Gasteiger partial charge in [0.25, 0.3) is 0 Å². The average Bonchev–Trinajstić information content (AvgIpc) is 2.21. The zero-order valence-corrected chi connectivity index (χ0v) is 9.72. The summed E-state index contributed by atoms with van der Waals surface area (Å²) >= 11 is 0. The normalized spacial score (nSPS) is 11.9. The minimum Gasteiger partial charge on any atom is -0.396 e. The molecule has 0 aromatic carbocycles. The molecule has 0 aromatic rings. The summed E-state index contributed by atoms with van der Waals surface area (Å²) in [7, 11) is -2.09. The third kappa shape index (κ3) is 6.55. The van der Waals surface area contributed by atoms with Crippen molar-refractivity contribution in [3.8, 4) is 0 Å². The lowest BCUT2D eigenvalue weighted by Gasteiger charge is -2.17. The Kier molecular flexibility index (Phi) is 8.49. The molecular weight excluding hydrogens is 199 g/mol. The molecule has 0 heterocycles. The summed E-state index contributed by atoms with van der Waals surface area (Å²) in [5.74, 6) is 0. The summed E-state index contributed by atoms with van der Waals surface area (Å²) in [6.45, 7) is 1.30. The molecule has 0 aromatic heterocycles. The van der Waals surface area contributed by atoms with Gasteiger partial charge in [0.05, 0.1) is 7.14 Å². The highest BCUT2D eigenvalue weighted by atomic mass is 31.2. The first-order valence-corrected chi connectivity index (χ1v) is 7.53. The molecule has 5 heteroatoms. The van der Waals surface area contributed by atoms with E-state index in [0.29, 0.717) is 38.0 Å². The summed E-state index contributed by atoms with van der Waals surface area (Å²) in [6, 6.07) is 0. The second kappa shape index (κ2) is 8.42. The maximum atomic E-state index is 12.3. The SMILES string of the molecule is NCCCP(=O)(CCCN)CCCO. The molecule has 14 heavy (non-hydrogen) atoms. The molecule has 0 unspecified atom stereocenters. The third-order valence-corrected chi connectivity index (χ3v) is 5.66. The fraction of sp³-hybridized carbons (Fsp3) is 1.00. The predicted octanol–water partition coefficient (Wildman–Crippen LogP) is 0.430. The molecule has 5 N–H and O–H groups in total. The number of rotatable bonds is 9. The summed E-state index contributed by atoms with van der Waals surface area (Å²) in [4.78, 5) is 0. The Labute approximate surface area is 86.4 Å². The van der Waals surface area contributed by atoms with Crippen molar-refractivity contribution < 1.29 is 9.67 Å². The molecule has 0 aliphatic heterocycles. The van der Waals surface area contributed by atoms with Crippen LogP contribution in [0.25, 0.3) is 0 Å². The zero-order valence-electron chi connectivity index (χ0n) is 8.82. The van der Waals surface area contributed by atoms with E-state index in [-0.39, 0.29) is 6.61 Å². The van der Waals surface area contributed by atoms with Crippen LogP contribution in [0.1, 0.15) is 19.3 Å². The first kappa shape index (κ1) is 14.1. The predicted molar refractivity (Wildman–Crippen MR) is 61.3 cm³/mol. The molecule has 0 spiro atoms. The van der Waals surface area contributed by atoms with Crippen molar-refractivity contribution in [2.75, 3.05) is 38.2 Å². The van der Waals surface area contributed by atoms with Crippen LogP contribution < -0.4 is 11.5 Å². The van der Waals surface area contributed by atoms with Crippen LogP contribution in [0.4, 0.5) is 0 Å². The lowest BCUT2D eigenvalue weighted by molar-refractivity contribution is 0.295. The second-order valence-corrected chi connectivity index (χ2v) is 7.05. The van der Waals surface area contributed by atoms with Crippen molar-refractivity contribution >= 4 is 7.14 Å². The van der Waals surface area contributed by atoms with Gasteiger partial charge in [0.1, 0.15) is 0 Å². The van der Waals surface area contributed by atoms with E-state index in [1.54, 1.807) is 0 Å². The van der Waals surface area contributed by atoms with Gasteiger partial charge in [-0.05, 0) is 32.4 Å². The van der Waals surface area contributed by atoms with E-state index in [2.05, 4.69) is 0 Å². The molecule has 0 aliphatic carbocycles. The maximum absolute atomic E-state index is 12.3. The Morgan fingerprint density at radius 3 is 1.71 bits per heavy atom. The molecule has 0 radical (unpaired) electrons. The average molecular weight is 222 g/mol. The minimum absolute atomic E-state index is 0.120. The Morgan fingerprint density at radius 1 is 0.929 bits per heavy atom. The Morgan fingerprint density at radius 2 is 1.36 bits per heavy atom. The van der Waals surface area contributed by atoms with Gasteiger partial charge >= 0.3 is 0 Å². The molecule has 0 saturated heterocycles. The summed E-state index contributed by atoms with van der Waals surface area (Å²) in [6.07, 6.45) is 4.32. The van der Waals surface area contributed by atoms with Gasteiger partial charge in [-0.1, -0.05) is 0 Å². The smallest absolute Gasteiger partial charge is 0.0879 e. The van der Waals surface area contributed by atoms with Gasteiger partial charge in [-0.2, -0.15) is 0 Å². The highest BCUT2D eigenvalue weighted by Gasteiger charge is 2.19. The quantitative estimate of drug-likeness (QED) is 0.493. The molecule has 0 rings (SSSR count). The number of hydrogen-bond acceptors (Lipinski definition) is 4. The van der Waals surface area contributed by atoms with E-state index in [1.807, 2.05) is 0 Å². The van der Waals surface area contributed by atoms with Gasteiger partial charge in [0, 0.05) is 25.1 Å². The molecule has 0 saturated carbocycles. The van der Waals surface area contributed by atoms with Crippen LogP contribution in [-0.2, 0) is 4.57 Å². The maximum Gasteiger partial charge on any atom is 0.0879 e. The van der Waals surface area contributed by atoms with Crippen LogP contribution in [0.15, 0.2) is 0 Å². The lowest BCUT2D eigenvalue weighted by Crippen LogP contribution is -2.09. The van der Waals surface area contributed by atoms with Crippen molar-refractivity contribution in [3.05, 3.63) is 0 Å². The number of nitrogens with two attached hydrogens (primary N) is 2. The fourth-order valence-electron chi connectivity index (χ4n) is 1.45. The molecule has 4 nitrogen and oxygen atoms in total. The summed E-state index contributed by atoms with van der Waals surface area (Å²) in [5.41, 5.74) is 10.8. The van der Waals surface area contributed by atoms with Crippen molar-refractivity contribution in [2.45, 2.75) is 19.3 Å². The molecule has 86 valence electrons. The highest BCUT2D eigenvalue weighted by molar-refractivity contribution is 7.63. The van der Waals surface area contributed by atoms with Crippen molar-refractivity contribution in [3.63, 3.8) is 0 Å². The van der Waals surface area contributed by atoms with E-state index >= 15 is 0 Å². The first-order chi connectivity index (χ1) is 6.68. The van der Waals surface area contributed by atoms with Gasteiger partial charge < -0.3 is 21.1 Å². The Hall–Kier alpha value is 0.110. The molecular formula is C9H23N2O2P. The molecule has 0 fully saturated rings. The van der Waals surface area contributed by atoms with Gasteiger partial charge in [-0.15, -0.1) is 0 Å². The summed E-state index contributed by atoms with van der Waals surface area (Å²) in [5, 5.41) is 8.71. The zero-order chi connectivity index (χ0) is 10.9. The first-order valence-electron chi connectivity index (χ1n) is 5.26. The third-order valence-electron chi connectivity index (χ3n) is 2.26. The van der Waals surface area contributed by atoms with Crippen LogP contribution in [-0.4, -0.2) is 43.3 Å². The largest absolute Gasteiger partial charge is 0.396 e. The van der Waals surface area contributed by atoms with E-state index in [0.717, 1.165) is 12.8 Å². The number of hydrogen-bond donors (Lipinski definition) is 3. The molecule has 0 aliphatic rings. The van der Waals surface area contributed by atoms with E-state index < -0.39 is 7.14 Å². The molecule has 0 amide bonds. The second-order valence-electron chi connectivity index (χ2n) is 3.59. The van der Waals surface area contributed by atoms with Gasteiger partial charge in [0.15, 0.2) is 0 Å². The number of aliphatic hydroxyl groups is 1. The molecule has 0 bridgehead atoms. The van der Waals surface area contributed by atoms with Crippen molar-refractivity contribution in [1.29, 1.82) is 0 Å². The fourth-order valence-corrected chi connectivity index (χ4v) is 4.36. The van der Waals surface area contributed by atoms with Crippen LogP contribution >= 0.6 is 7.14 Å². The lowest BCUT2D eigenvalue weighted by atomic mass is 10.5. The van der Waals surface area contributed by atoms with Crippen molar-refractivity contribution in [1.82, 2.24) is 0 Å². The number of aliphatic hydroxyl groups excluding tert-OH is 1. The topological polar surface area (TPSA) is 89.3 Å². The van der Waals surface area contributed by atoms with Crippen LogP contribution in [0.3, 0.4) is 0 Å². The Balaban J connectivity index is 3.97. The van der Waals surface area contributed by atoms with Gasteiger partial charge in [-0.25, -0.2) is 0 Å².